The van der Waals surface area contributed by atoms with Gasteiger partial charge in [0.05, 0.1) is 0 Å². The van der Waals surface area contributed by atoms with Crippen LogP contribution in [0.15, 0.2) is 0 Å². The van der Waals surface area contributed by atoms with Gasteiger partial charge in [0.2, 0.25) is 0 Å². The Labute approximate surface area is 87.6 Å². The SMILES string of the molecule is CN(CC(F)(F)F)C(=O)N(C)CC(F)(F)F. The average Bonchev–Trinajstić information content (AvgIpc) is 1.96. The van der Waals surface area contributed by atoms with Gasteiger partial charge in [0.1, 0.15) is 13.1 Å². The second-order valence-electron chi connectivity index (χ2n) is 3.23. The number of halogens is 6. The molecule has 0 aromatic rings. The Kier molecular flexibility index (Phi) is 4.45. The zero-order valence-corrected chi connectivity index (χ0v) is 8.48. The first kappa shape index (κ1) is 14.8. The molecule has 0 aromatic heterocycles. The van der Waals surface area contributed by atoms with Gasteiger partial charge in [-0.25, -0.2) is 4.79 Å². The second-order valence-corrected chi connectivity index (χ2v) is 3.23. The quantitative estimate of drug-likeness (QED) is 0.690. The van der Waals surface area contributed by atoms with Gasteiger partial charge in [-0.2, -0.15) is 26.3 Å². The summed E-state index contributed by atoms with van der Waals surface area (Å²) in [6.07, 6.45) is -9.27. The number of carbonyl (C=O) groups is 1. The minimum Gasteiger partial charge on any atom is -0.319 e. The zero-order valence-electron chi connectivity index (χ0n) is 8.48. The average molecular weight is 252 g/mol. The van der Waals surface area contributed by atoms with E-state index >= 15 is 0 Å². The maximum Gasteiger partial charge on any atom is 0.406 e. The van der Waals surface area contributed by atoms with Crippen molar-refractivity contribution in [2.75, 3.05) is 27.2 Å². The Hall–Kier alpha value is -1.15. The van der Waals surface area contributed by atoms with Crippen LogP contribution in [0.2, 0.25) is 0 Å². The lowest BCUT2D eigenvalue weighted by Gasteiger charge is -2.26. The summed E-state index contributed by atoms with van der Waals surface area (Å²) in [5.74, 6) is 0. The van der Waals surface area contributed by atoms with Crippen molar-refractivity contribution in [2.45, 2.75) is 12.4 Å². The Morgan fingerprint density at radius 1 is 0.875 bits per heavy atom. The molecular formula is C7H10F6N2O. The van der Waals surface area contributed by atoms with Crippen molar-refractivity contribution in [1.29, 1.82) is 0 Å². The molecule has 0 rings (SSSR count). The fourth-order valence-electron chi connectivity index (χ4n) is 0.965. The summed E-state index contributed by atoms with van der Waals surface area (Å²) in [5.41, 5.74) is 0. The normalized spacial score (nSPS) is 12.5. The molecule has 0 saturated heterocycles. The molecule has 9 heteroatoms. The summed E-state index contributed by atoms with van der Waals surface area (Å²) >= 11 is 0. The predicted molar refractivity (Wildman–Crippen MR) is 42.8 cm³/mol. The van der Waals surface area contributed by atoms with Gasteiger partial charge in [0, 0.05) is 14.1 Å². The highest BCUT2D eigenvalue weighted by molar-refractivity contribution is 5.73. The number of nitrogens with zero attached hydrogens (tertiary/aromatic N) is 2. The topological polar surface area (TPSA) is 23.6 Å². The number of amides is 2. The Balaban J connectivity index is 4.34. The highest BCUT2D eigenvalue weighted by atomic mass is 19.4. The molecule has 0 bridgehead atoms. The highest BCUT2D eigenvalue weighted by Gasteiger charge is 2.35. The van der Waals surface area contributed by atoms with Crippen LogP contribution in [-0.2, 0) is 0 Å². The van der Waals surface area contributed by atoms with E-state index in [1.54, 1.807) is 0 Å². The van der Waals surface area contributed by atoms with Crippen LogP contribution in [0.3, 0.4) is 0 Å². The number of hydrogen-bond donors (Lipinski definition) is 0. The first-order chi connectivity index (χ1) is 6.92. The number of urea groups is 1. The molecule has 0 radical (unpaired) electrons. The first-order valence-electron chi connectivity index (χ1n) is 4.02. The lowest BCUT2D eigenvalue weighted by atomic mass is 10.5. The molecule has 0 saturated carbocycles. The summed E-state index contributed by atoms with van der Waals surface area (Å²) in [6, 6.07) is -1.34. The van der Waals surface area contributed by atoms with Gasteiger partial charge >= 0.3 is 18.4 Å². The molecule has 0 atom stereocenters. The van der Waals surface area contributed by atoms with E-state index in [0.717, 1.165) is 14.1 Å². The summed E-state index contributed by atoms with van der Waals surface area (Å²) in [5, 5.41) is 0. The summed E-state index contributed by atoms with van der Waals surface area (Å²) < 4.78 is 71.0. The van der Waals surface area contributed by atoms with Gasteiger partial charge < -0.3 is 9.80 Å². The Bertz CT molecular complexity index is 224. The summed E-state index contributed by atoms with van der Waals surface area (Å²) in [6.45, 7) is -3.18. The van der Waals surface area contributed by atoms with Gasteiger partial charge in [-0.15, -0.1) is 0 Å². The molecule has 0 aliphatic heterocycles. The molecule has 2 amide bonds. The first-order valence-corrected chi connectivity index (χ1v) is 4.02. The smallest absolute Gasteiger partial charge is 0.319 e. The number of alkyl halides is 6. The lowest BCUT2D eigenvalue weighted by molar-refractivity contribution is -0.145. The van der Waals surface area contributed by atoms with Crippen LogP contribution in [0, 0.1) is 0 Å². The van der Waals surface area contributed by atoms with E-state index in [1.165, 1.54) is 0 Å². The lowest BCUT2D eigenvalue weighted by Crippen LogP contribution is -2.46. The third-order valence-corrected chi connectivity index (χ3v) is 1.49. The van der Waals surface area contributed by atoms with Gasteiger partial charge in [-0.05, 0) is 0 Å². The van der Waals surface area contributed by atoms with Crippen molar-refractivity contribution in [2.24, 2.45) is 0 Å². The van der Waals surface area contributed by atoms with E-state index in [4.69, 9.17) is 0 Å². The zero-order chi connectivity index (χ0) is 13.1. The number of rotatable bonds is 2. The van der Waals surface area contributed by atoms with Crippen LogP contribution in [0.5, 0.6) is 0 Å². The molecule has 0 spiro atoms. The van der Waals surface area contributed by atoms with Crippen molar-refractivity contribution in [3.8, 4) is 0 Å². The molecule has 3 nitrogen and oxygen atoms in total. The number of carbonyl (C=O) groups excluding carboxylic acids is 1. The molecule has 0 aromatic carbocycles. The molecule has 0 fully saturated rings. The molecule has 96 valence electrons. The minimum atomic E-state index is -4.64. The van der Waals surface area contributed by atoms with Crippen molar-refractivity contribution >= 4 is 6.03 Å². The third kappa shape index (κ3) is 6.36. The van der Waals surface area contributed by atoms with Gasteiger partial charge in [-0.3, -0.25) is 0 Å². The van der Waals surface area contributed by atoms with Crippen LogP contribution in [-0.4, -0.2) is 55.4 Å². The molecule has 0 heterocycles. The van der Waals surface area contributed by atoms with Crippen molar-refractivity contribution in [1.82, 2.24) is 9.80 Å². The molecule has 0 aliphatic rings. The maximum atomic E-state index is 11.8. The van der Waals surface area contributed by atoms with Crippen LogP contribution >= 0.6 is 0 Å². The monoisotopic (exact) mass is 252 g/mol. The number of hydrogen-bond acceptors (Lipinski definition) is 1. The fraction of sp³-hybridized carbons (Fsp3) is 0.857. The Morgan fingerprint density at radius 2 is 1.12 bits per heavy atom. The summed E-state index contributed by atoms with van der Waals surface area (Å²) in [4.78, 5) is 11.4. The Morgan fingerprint density at radius 3 is 1.31 bits per heavy atom. The fourth-order valence-corrected chi connectivity index (χ4v) is 0.965. The van der Waals surface area contributed by atoms with Gasteiger partial charge in [0.25, 0.3) is 0 Å². The van der Waals surface area contributed by atoms with Crippen LogP contribution in [0.1, 0.15) is 0 Å². The van der Waals surface area contributed by atoms with E-state index in [2.05, 4.69) is 0 Å². The van der Waals surface area contributed by atoms with Crippen molar-refractivity contribution in [3.05, 3.63) is 0 Å². The van der Waals surface area contributed by atoms with E-state index in [0.29, 0.717) is 0 Å². The molecule has 16 heavy (non-hydrogen) atoms. The van der Waals surface area contributed by atoms with Crippen molar-refractivity contribution in [3.63, 3.8) is 0 Å². The third-order valence-electron chi connectivity index (χ3n) is 1.49. The largest absolute Gasteiger partial charge is 0.406 e. The maximum absolute atomic E-state index is 11.8. The van der Waals surface area contributed by atoms with E-state index in [1.807, 2.05) is 0 Å². The summed E-state index contributed by atoms with van der Waals surface area (Å²) in [7, 11) is 1.56. The van der Waals surface area contributed by atoms with Crippen LogP contribution in [0.25, 0.3) is 0 Å². The van der Waals surface area contributed by atoms with Crippen LogP contribution in [0.4, 0.5) is 31.1 Å². The van der Waals surface area contributed by atoms with E-state index in [-0.39, 0.29) is 9.80 Å². The molecule has 0 unspecified atom stereocenters. The van der Waals surface area contributed by atoms with E-state index in [9.17, 15) is 31.1 Å². The van der Waals surface area contributed by atoms with Gasteiger partial charge in [-0.1, -0.05) is 0 Å². The molecule has 0 N–H and O–H groups in total. The molecule has 0 aliphatic carbocycles. The van der Waals surface area contributed by atoms with Crippen molar-refractivity contribution < 1.29 is 31.1 Å². The van der Waals surface area contributed by atoms with E-state index < -0.39 is 31.5 Å². The minimum absolute atomic E-state index is 0.172. The predicted octanol–water partition coefficient (Wildman–Crippen LogP) is 2.09. The second kappa shape index (κ2) is 4.79. The van der Waals surface area contributed by atoms with Gasteiger partial charge in [0.15, 0.2) is 0 Å². The molecular weight excluding hydrogens is 242 g/mol. The van der Waals surface area contributed by atoms with Crippen LogP contribution < -0.4 is 0 Å². The standard InChI is InChI=1S/C7H10F6N2O/c1-14(3-6(8,9)10)5(16)15(2)4-7(11,12)13/h3-4H2,1-2H3. The highest BCUT2D eigenvalue weighted by Crippen LogP contribution is 2.18.